The van der Waals surface area contributed by atoms with Crippen LogP contribution in [0.4, 0.5) is 0 Å². The van der Waals surface area contributed by atoms with Gasteiger partial charge in [-0.1, -0.05) is 6.42 Å². The monoisotopic (exact) mass is 412 g/mol. The summed E-state index contributed by atoms with van der Waals surface area (Å²) in [5, 5.41) is 2.78. The van der Waals surface area contributed by atoms with Gasteiger partial charge in [0.2, 0.25) is 10.0 Å². The van der Waals surface area contributed by atoms with E-state index in [2.05, 4.69) is 5.32 Å². The van der Waals surface area contributed by atoms with Crippen molar-refractivity contribution in [1.82, 2.24) is 9.62 Å². The average Bonchev–Trinajstić information content (AvgIpc) is 2.67. The molecule has 0 aromatic heterocycles. The van der Waals surface area contributed by atoms with Gasteiger partial charge >= 0.3 is 0 Å². The fourth-order valence-corrected chi connectivity index (χ4v) is 4.61. The Balaban J connectivity index is 1.84. The maximum absolute atomic E-state index is 12.7. The number of hydrogen-bond donors (Lipinski definition) is 1. The first kappa shape index (κ1) is 22.6. The zero-order valence-electron chi connectivity index (χ0n) is 17.1. The SMILES string of the molecule is Cc1cc(S(=O)(=O)N2CCCCC2)ccc1OCC(=O)NCCCOC(C)C. The summed E-state index contributed by atoms with van der Waals surface area (Å²) in [6.45, 7) is 7.89. The van der Waals surface area contributed by atoms with Crippen molar-refractivity contribution in [1.29, 1.82) is 0 Å². The van der Waals surface area contributed by atoms with Crippen LogP contribution in [0.5, 0.6) is 5.75 Å². The van der Waals surface area contributed by atoms with Crippen LogP contribution in [0, 0.1) is 6.92 Å². The molecule has 2 rings (SSSR count). The van der Waals surface area contributed by atoms with Crippen LogP contribution >= 0.6 is 0 Å². The maximum atomic E-state index is 12.7. The van der Waals surface area contributed by atoms with Crippen LogP contribution in [-0.4, -0.2) is 57.6 Å². The van der Waals surface area contributed by atoms with E-state index in [4.69, 9.17) is 9.47 Å². The molecule has 0 saturated carbocycles. The van der Waals surface area contributed by atoms with Crippen molar-refractivity contribution in [2.45, 2.75) is 57.5 Å². The fraction of sp³-hybridized carbons (Fsp3) is 0.650. The number of rotatable bonds is 10. The van der Waals surface area contributed by atoms with Crippen LogP contribution < -0.4 is 10.1 Å². The first-order chi connectivity index (χ1) is 13.3. The van der Waals surface area contributed by atoms with Crippen LogP contribution in [-0.2, 0) is 19.6 Å². The van der Waals surface area contributed by atoms with E-state index >= 15 is 0 Å². The van der Waals surface area contributed by atoms with E-state index in [1.165, 1.54) is 0 Å². The zero-order valence-corrected chi connectivity index (χ0v) is 17.9. The van der Waals surface area contributed by atoms with E-state index in [0.717, 1.165) is 25.7 Å². The van der Waals surface area contributed by atoms with Crippen molar-refractivity contribution in [2.75, 3.05) is 32.8 Å². The first-order valence-corrected chi connectivity index (χ1v) is 11.4. The first-order valence-electron chi connectivity index (χ1n) is 9.92. The molecule has 1 fully saturated rings. The largest absolute Gasteiger partial charge is 0.484 e. The second-order valence-corrected chi connectivity index (χ2v) is 9.24. The van der Waals surface area contributed by atoms with E-state index in [-0.39, 0.29) is 23.5 Å². The summed E-state index contributed by atoms with van der Waals surface area (Å²) >= 11 is 0. The Bertz CT molecular complexity index is 743. The molecular formula is C20H32N2O5S. The second-order valence-electron chi connectivity index (χ2n) is 7.30. The van der Waals surface area contributed by atoms with Gasteiger partial charge < -0.3 is 14.8 Å². The molecule has 1 aromatic carbocycles. The number of carbonyl (C=O) groups excluding carboxylic acids is 1. The molecule has 0 aliphatic carbocycles. The normalized spacial score (nSPS) is 15.6. The predicted molar refractivity (Wildman–Crippen MR) is 108 cm³/mol. The summed E-state index contributed by atoms with van der Waals surface area (Å²) in [5.74, 6) is 0.296. The number of nitrogens with one attached hydrogen (secondary N) is 1. The minimum Gasteiger partial charge on any atom is -0.484 e. The van der Waals surface area contributed by atoms with E-state index in [9.17, 15) is 13.2 Å². The van der Waals surface area contributed by atoms with Gasteiger partial charge in [-0.3, -0.25) is 4.79 Å². The van der Waals surface area contributed by atoms with Gasteiger partial charge in [-0.25, -0.2) is 8.42 Å². The van der Waals surface area contributed by atoms with Crippen LogP contribution in [0.15, 0.2) is 23.1 Å². The summed E-state index contributed by atoms with van der Waals surface area (Å²) in [5.41, 5.74) is 0.691. The van der Waals surface area contributed by atoms with Crippen molar-refractivity contribution in [3.05, 3.63) is 23.8 Å². The average molecular weight is 413 g/mol. The van der Waals surface area contributed by atoms with Gasteiger partial charge in [0, 0.05) is 26.2 Å². The van der Waals surface area contributed by atoms with Crippen molar-refractivity contribution < 1.29 is 22.7 Å². The van der Waals surface area contributed by atoms with Crippen LogP contribution in [0.2, 0.25) is 0 Å². The lowest BCUT2D eigenvalue weighted by Crippen LogP contribution is -2.35. The molecule has 7 nitrogen and oxygen atoms in total. The molecule has 158 valence electrons. The lowest BCUT2D eigenvalue weighted by molar-refractivity contribution is -0.123. The molecule has 1 heterocycles. The van der Waals surface area contributed by atoms with Gasteiger partial charge in [-0.15, -0.1) is 0 Å². The topological polar surface area (TPSA) is 84.9 Å². The predicted octanol–water partition coefficient (Wildman–Crippen LogP) is 2.48. The maximum Gasteiger partial charge on any atom is 0.257 e. The zero-order chi connectivity index (χ0) is 20.6. The molecule has 8 heteroatoms. The third-order valence-corrected chi connectivity index (χ3v) is 6.45. The molecular weight excluding hydrogens is 380 g/mol. The smallest absolute Gasteiger partial charge is 0.257 e. The number of amides is 1. The second kappa shape index (κ2) is 10.8. The Morgan fingerprint density at radius 1 is 1.21 bits per heavy atom. The summed E-state index contributed by atoms with van der Waals surface area (Å²) < 4.78 is 38.0. The number of ether oxygens (including phenoxy) is 2. The highest BCUT2D eigenvalue weighted by atomic mass is 32.2. The molecule has 0 spiro atoms. The Morgan fingerprint density at radius 2 is 1.93 bits per heavy atom. The number of sulfonamides is 1. The van der Waals surface area contributed by atoms with Gasteiger partial charge in [0.1, 0.15) is 5.75 Å². The molecule has 0 bridgehead atoms. The minimum absolute atomic E-state index is 0.107. The molecule has 0 radical (unpaired) electrons. The fourth-order valence-electron chi connectivity index (χ4n) is 3.01. The highest BCUT2D eigenvalue weighted by molar-refractivity contribution is 7.89. The summed E-state index contributed by atoms with van der Waals surface area (Å²) in [4.78, 5) is 12.2. The van der Waals surface area contributed by atoms with Crippen LogP contribution in [0.25, 0.3) is 0 Å². The highest BCUT2D eigenvalue weighted by Crippen LogP contribution is 2.25. The number of nitrogens with zero attached hydrogens (tertiary/aromatic N) is 1. The molecule has 28 heavy (non-hydrogen) atoms. The Hall–Kier alpha value is -1.64. The molecule has 1 aliphatic heterocycles. The van der Waals surface area contributed by atoms with Crippen molar-refractivity contribution in [3.63, 3.8) is 0 Å². The van der Waals surface area contributed by atoms with Crippen LogP contribution in [0.3, 0.4) is 0 Å². The highest BCUT2D eigenvalue weighted by Gasteiger charge is 2.26. The number of hydrogen-bond acceptors (Lipinski definition) is 5. The number of carbonyl (C=O) groups is 1. The standard InChI is InChI=1S/C20H32N2O5S/c1-16(2)26-13-7-10-21-20(23)15-27-19-9-8-18(14-17(19)3)28(24,25)22-11-5-4-6-12-22/h8-9,14,16H,4-7,10-13,15H2,1-3H3,(H,21,23). The van der Waals surface area contributed by atoms with E-state index in [0.29, 0.717) is 37.6 Å². The lowest BCUT2D eigenvalue weighted by atomic mass is 10.2. The van der Waals surface area contributed by atoms with Gasteiger partial charge in [0.05, 0.1) is 11.0 Å². The van der Waals surface area contributed by atoms with Gasteiger partial charge in [0.25, 0.3) is 5.91 Å². The van der Waals surface area contributed by atoms with Crippen molar-refractivity contribution in [3.8, 4) is 5.75 Å². The van der Waals surface area contributed by atoms with E-state index < -0.39 is 10.0 Å². The molecule has 0 unspecified atom stereocenters. The quantitative estimate of drug-likeness (QED) is 0.597. The third-order valence-electron chi connectivity index (χ3n) is 4.55. The van der Waals surface area contributed by atoms with Gasteiger partial charge in [-0.2, -0.15) is 4.31 Å². The number of piperidine rings is 1. The number of aryl methyl sites for hydroxylation is 1. The van der Waals surface area contributed by atoms with E-state index in [1.807, 2.05) is 13.8 Å². The van der Waals surface area contributed by atoms with Crippen LogP contribution in [0.1, 0.15) is 45.1 Å². The molecule has 1 aromatic rings. The van der Waals surface area contributed by atoms with Crippen molar-refractivity contribution in [2.24, 2.45) is 0 Å². The third kappa shape index (κ3) is 6.76. The molecule has 0 atom stereocenters. The number of benzene rings is 1. The Labute approximate surface area is 168 Å². The Morgan fingerprint density at radius 3 is 2.57 bits per heavy atom. The summed E-state index contributed by atoms with van der Waals surface area (Å²) in [6.07, 6.45) is 3.80. The van der Waals surface area contributed by atoms with Gasteiger partial charge in [0.15, 0.2) is 6.61 Å². The van der Waals surface area contributed by atoms with Crippen molar-refractivity contribution >= 4 is 15.9 Å². The summed E-state index contributed by atoms with van der Waals surface area (Å²) in [7, 11) is -3.47. The Kier molecular flexibility index (Phi) is 8.72. The molecule has 1 N–H and O–H groups in total. The lowest BCUT2D eigenvalue weighted by Gasteiger charge is -2.26. The van der Waals surface area contributed by atoms with Gasteiger partial charge in [-0.05, 0) is 63.8 Å². The van der Waals surface area contributed by atoms with E-state index in [1.54, 1.807) is 29.4 Å². The molecule has 1 aliphatic rings. The minimum atomic E-state index is -3.47. The summed E-state index contributed by atoms with van der Waals surface area (Å²) in [6, 6.07) is 4.78. The molecule has 1 saturated heterocycles. The molecule has 1 amide bonds.